The van der Waals surface area contributed by atoms with Gasteiger partial charge in [-0.05, 0) is 39.2 Å². The molecule has 0 aliphatic carbocycles. The molecule has 1 N–H and O–H groups in total. The van der Waals surface area contributed by atoms with Crippen LogP contribution in [-0.2, 0) is 0 Å². The SMILES string of the molecule is CN(C)CCCN(C)C(=O)c1ccccc1O. The number of aromatic hydroxyl groups is 1. The number of hydrogen-bond acceptors (Lipinski definition) is 3. The van der Waals surface area contributed by atoms with Crippen LogP contribution in [0.4, 0.5) is 0 Å². The first-order chi connectivity index (χ1) is 8.02. The maximum Gasteiger partial charge on any atom is 0.257 e. The first-order valence-electron chi connectivity index (χ1n) is 5.70. The number of benzene rings is 1. The van der Waals surface area contributed by atoms with Gasteiger partial charge in [-0.25, -0.2) is 0 Å². The molecular weight excluding hydrogens is 216 g/mol. The molecule has 1 amide bonds. The number of carbonyl (C=O) groups is 1. The van der Waals surface area contributed by atoms with Gasteiger partial charge in [-0.1, -0.05) is 12.1 Å². The third-order valence-corrected chi connectivity index (χ3v) is 2.58. The lowest BCUT2D eigenvalue weighted by Crippen LogP contribution is -2.29. The molecule has 1 aromatic carbocycles. The number of hydrogen-bond donors (Lipinski definition) is 1. The van der Waals surface area contributed by atoms with Crippen LogP contribution < -0.4 is 0 Å². The normalized spacial score (nSPS) is 10.6. The van der Waals surface area contributed by atoms with E-state index in [1.165, 1.54) is 6.07 Å². The molecule has 0 saturated carbocycles. The molecule has 17 heavy (non-hydrogen) atoms. The number of phenolic OH excluding ortho intramolecular Hbond substituents is 1. The zero-order chi connectivity index (χ0) is 12.8. The molecule has 4 nitrogen and oxygen atoms in total. The third kappa shape index (κ3) is 4.07. The van der Waals surface area contributed by atoms with Crippen LogP contribution >= 0.6 is 0 Å². The summed E-state index contributed by atoms with van der Waals surface area (Å²) in [5, 5.41) is 9.59. The smallest absolute Gasteiger partial charge is 0.257 e. The van der Waals surface area contributed by atoms with E-state index in [1.807, 2.05) is 14.1 Å². The van der Waals surface area contributed by atoms with Crippen molar-refractivity contribution in [1.29, 1.82) is 0 Å². The predicted molar refractivity (Wildman–Crippen MR) is 68.2 cm³/mol. The van der Waals surface area contributed by atoms with Crippen LogP contribution in [-0.4, -0.2) is 55.0 Å². The van der Waals surface area contributed by atoms with Gasteiger partial charge in [-0.15, -0.1) is 0 Å². The highest BCUT2D eigenvalue weighted by molar-refractivity contribution is 5.96. The van der Waals surface area contributed by atoms with Crippen molar-refractivity contribution in [2.45, 2.75) is 6.42 Å². The van der Waals surface area contributed by atoms with Crippen molar-refractivity contribution in [3.05, 3.63) is 29.8 Å². The van der Waals surface area contributed by atoms with Crippen molar-refractivity contribution in [3.8, 4) is 5.75 Å². The van der Waals surface area contributed by atoms with Gasteiger partial charge in [-0.3, -0.25) is 4.79 Å². The molecule has 0 saturated heterocycles. The van der Waals surface area contributed by atoms with Gasteiger partial charge >= 0.3 is 0 Å². The highest BCUT2D eigenvalue weighted by atomic mass is 16.3. The average molecular weight is 236 g/mol. The highest BCUT2D eigenvalue weighted by Gasteiger charge is 2.14. The van der Waals surface area contributed by atoms with Crippen molar-refractivity contribution in [2.75, 3.05) is 34.2 Å². The van der Waals surface area contributed by atoms with E-state index >= 15 is 0 Å². The second kappa shape index (κ2) is 6.25. The van der Waals surface area contributed by atoms with Crippen molar-refractivity contribution >= 4 is 5.91 Å². The molecule has 0 bridgehead atoms. The number of phenols is 1. The van der Waals surface area contributed by atoms with Crippen LogP contribution in [0.15, 0.2) is 24.3 Å². The fourth-order valence-corrected chi connectivity index (χ4v) is 1.59. The van der Waals surface area contributed by atoms with Crippen LogP contribution in [0.2, 0.25) is 0 Å². The van der Waals surface area contributed by atoms with Crippen LogP contribution in [0, 0.1) is 0 Å². The Kier molecular flexibility index (Phi) is 4.97. The lowest BCUT2D eigenvalue weighted by atomic mass is 10.2. The lowest BCUT2D eigenvalue weighted by Gasteiger charge is -2.19. The van der Waals surface area contributed by atoms with Crippen LogP contribution in [0.3, 0.4) is 0 Å². The minimum atomic E-state index is -0.137. The first kappa shape index (κ1) is 13.5. The molecule has 4 heteroatoms. The van der Waals surface area contributed by atoms with Gasteiger partial charge in [0.25, 0.3) is 5.91 Å². The highest BCUT2D eigenvalue weighted by Crippen LogP contribution is 2.17. The molecule has 0 atom stereocenters. The Morgan fingerprint density at radius 3 is 2.41 bits per heavy atom. The van der Waals surface area contributed by atoms with Gasteiger partial charge in [0.1, 0.15) is 5.75 Å². The van der Waals surface area contributed by atoms with Gasteiger partial charge in [0, 0.05) is 13.6 Å². The monoisotopic (exact) mass is 236 g/mol. The fourth-order valence-electron chi connectivity index (χ4n) is 1.59. The van der Waals surface area contributed by atoms with E-state index in [4.69, 9.17) is 0 Å². The molecule has 94 valence electrons. The van der Waals surface area contributed by atoms with E-state index in [1.54, 1.807) is 30.1 Å². The Hall–Kier alpha value is -1.55. The van der Waals surface area contributed by atoms with Crippen LogP contribution in [0.25, 0.3) is 0 Å². The fraction of sp³-hybridized carbons (Fsp3) is 0.462. The molecule has 0 aromatic heterocycles. The lowest BCUT2D eigenvalue weighted by molar-refractivity contribution is 0.0787. The largest absolute Gasteiger partial charge is 0.507 e. The third-order valence-electron chi connectivity index (χ3n) is 2.58. The summed E-state index contributed by atoms with van der Waals surface area (Å²) in [6.45, 7) is 1.63. The number of amides is 1. The van der Waals surface area contributed by atoms with E-state index in [0.717, 1.165) is 13.0 Å². The van der Waals surface area contributed by atoms with E-state index in [9.17, 15) is 9.90 Å². The number of carbonyl (C=O) groups excluding carboxylic acids is 1. The average Bonchev–Trinajstić information content (AvgIpc) is 2.28. The standard InChI is InChI=1S/C13H20N2O2/c1-14(2)9-6-10-15(3)13(17)11-7-4-5-8-12(11)16/h4-5,7-8,16H,6,9-10H2,1-3H3. The minimum Gasteiger partial charge on any atom is -0.507 e. The number of nitrogens with zero attached hydrogens (tertiary/aromatic N) is 2. The predicted octanol–water partition coefficient (Wildman–Crippen LogP) is 1.42. The summed E-state index contributed by atoms with van der Waals surface area (Å²) in [6, 6.07) is 6.62. The summed E-state index contributed by atoms with van der Waals surface area (Å²) in [5.41, 5.74) is 0.361. The maximum absolute atomic E-state index is 12.0. The summed E-state index contributed by atoms with van der Waals surface area (Å²) in [6.07, 6.45) is 0.919. The van der Waals surface area contributed by atoms with Gasteiger partial charge in [0.2, 0.25) is 0 Å². The summed E-state index contributed by atoms with van der Waals surface area (Å²) in [4.78, 5) is 15.7. The van der Waals surface area contributed by atoms with Crippen LogP contribution in [0.1, 0.15) is 16.8 Å². The maximum atomic E-state index is 12.0. The minimum absolute atomic E-state index is 0.0389. The van der Waals surface area contributed by atoms with Crippen molar-refractivity contribution in [1.82, 2.24) is 9.80 Å². The van der Waals surface area contributed by atoms with Crippen molar-refractivity contribution in [3.63, 3.8) is 0 Å². The van der Waals surface area contributed by atoms with Gasteiger partial charge in [-0.2, -0.15) is 0 Å². The van der Waals surface area contributed by atoms with Crippen LogP contribution in [0.5, 0.6) is 5.75 Å². The zero-order valence-electron chi connectivity index (χ0n) is 10.7. The van der Waals surface area contributed by atoms with Gasteiger partial charge in [0.05, 0.1) is 5.56 Å². The summed E-state index contributed by atoms with van der Waals surface area (Å²) >= 11 is 0. The first-order valence-corrected chi connectivity index (χ1v) is 5.70. The Labute approximate surface area is 102 Å². The molecule has 1 aromatic rings. The molecular formula is C13H20N2O2. The summed E-state index contributed by atoms with van der Waals surface area (Å²) < 4.78 is 0. The number of rotatable bonds is 5. The quantitative estimate of drug-likeness (QED) is 0.840. The van der Waals surface area contributed by atoms with Gasteiger partial charge < -0.3 is 14.9 Å². The Morgan fingerprint density at radius 1 is 1.18 bits per heavy atom. The molecule has 0 fully saturated rings. The van der Waals surface area contributed by atoms with E-state index in [-0.39, 0.29) is 11.7 Å². The van der Waals surface area contributed by atoms with E-state index < -0.39 is 0 Å². The molecule has 0 heterocycles. The molecule has 1 rings (SSSR count). The molecule has 0 unspecified atom stereocenters. The molecule has 0 aliphatic heterocycles. The van der Waals surface area contributed by atoms with E-state index in [0.29, 0.717) is 12.1 Å². The molecule has 0 aliphatic rings. The van der Waals surface area contributed by atoms with Gasteiger partial charge in [0.15, 0.2) is 0 Å². The Bertz CT molecular complexity index is 377. The zero-order valence-corrected chi connectivity index (χ0v) is 10.7. The second-order valence-electron chi connectivity index (χ2n) is 4.40. The molecule has 0 spiro atoms. The summed E-state index contributed by atoms with van der Waals surface area (Å²) in [5.74, 6) is -0.0983. The number of para-hydroxylation sites is 1. The Morgan fingerprint density at radius 2 is 1.82 bits per heavy atom. The van der Waals surface area contributed by atoms with Crippen molar-refractivity contribution in [2.24, 2.45) is 0 Å². The van der Waals surface area contributed by atoms with E-state index in [2.05, 4.69) is 4.90 Å². The topological polar surface area (TPSA) is 43.8 Å². The second-order valence-corrected chi connectivity index (χ2v) is 4.40. The summed E-state index contributed by atoms with van der Waals surface area (Å²) in [7, 11) is 5.76. The molecule has 0 radical (unpaired) electrons. The van der Waals surface area contributed by atoms with Crippen molar-refractivity contribution < 1.29 is 9.90 Å². The Balaban J connectivity index is 2.55.